The minimum absolute atomic E-state index is 0.0854. The Morgan fingerprint density at radius 1 is 1.08 bits per heavy atom. The lowest BCUT2D eigenvalue weighted by Gasteiger charge is -2.15. The van der Waals surface area contributed by atoms with Crippen molar-refractivity contribution in [3.05, 3.63) is 59.2 Å². The van der Waals surface area contributed by atoms with E-state index in [0.29, 0.717) is 6.54 Å². The van der Waals surface area contributed by atoms with Crippen molar-refractivity contribution in [2.75, 3.05) is 12.3 Å². The van der Waals surface area contributed by atoms with Crippen LogP contribution in [0.25, 0.3) is 0 Å². The average Bonchev–Trinajstić information content (AvgIpc) is 2.56. The largest absolute Gasteiger partial charge is 0.481 e. The van der Waals surface area contributed by atoms with Crippen LogP contribution < -0.4 is 10.1 Å². The molecule has 0 bridgehead atoms. The summed E-state index contributed by atoms with van der Waals surface area (Å²) in [6.45, 7) is 8.57. The Morgan fingerprint density at radius 3 is 2.46 bits per heavy atom. The molecule has 2 rings (SSSR count). The molecule has 24 heavy (non-hydrogen) atoms. The third-order valence-electron chi connectivity index (χ3n) is 3.85. The molecule has 0 aliphatic heterocycles. The summed E-state index contributed by atoms with van der Waals surface area (Å²) in [5, 5.41) is 2.93. The van der Waals surface area contributed by atoms with Crippen LogP contribution in [0.15, 0.2) is 47.4 Å². The molecule has 3 nitrogen and oxygen atoms in total. The first-order valence-electron chi connectivity index (χ1n) is 8.17. The molecule has 0 spiro atoms. The van der Waals surface area contributed by atoms with Crippen molar-refractivity contribution < 1.29 is 9.53 Å². The molecular formula is C20H25NO2S. The number of thioether (sulfide) groups is 1. The van der Waals surface area contributed by atoms with E-state index < -0.39 is 6.10 Å². The quantitative estimate of drug-likeness (QED) is 0.602. The maximum Gasteiger partial charge on any atom is 0.260 e. The number of amides is 1. The maximum absolute atomic E-state index is 12.1. The van der Waals surface area contributed by atoms with Crippen LogP contribution in [-0.2, 0) is 4.79 Å². The van der Waals surface area contributed by atoms with Gasteiger partial charge < -0.3 is 10.1 Å². The summed E-state index contributed by atoms with van der Waals surface area (Å²) in [5.74, 6) is 1.48. The first kappa shape index (κ1) is 18.4. The first-order chi connectivity index (χ1) is 11.5. The minimum atomic E-state index is -0.503. The highest BCUT2D eigenvalue weighted by Gasteiger charge is 2.14. The summed E-state index contributed by atoms with van der Waals surface area (Å²) >= 11 is 1.73. The lowest BCUT2D eigenvalue weighted by Crippen LogP contribution is -2.37. The number of benzene rings is 2. The molecule has 0 unspecified atom stereocenters. The van der Waals surface area contributed by atoms with E-state index in [-0.39, 0.29) is 5.91 Å². The molecule has 0 aliphatic rings. The van der Waals surface area contributed by atoms with Crippen molar-refractivity contribution in [2.45, 2.75) is 38.7 Å². The van der Waals surface area contributed by atoms with Gasteiger partial charge in [0.15, 0.2) is 6.10 Å². The van der Waals surface area contributed by atoms with Gasteiger partial charge >= 0.3 is 0 Å². The standard InChI is InChI=1S/C20H25NO2S/c1-14-5-9-19(10-6-14)24-12-11-21-20(22)17(4)23-18-8-7-15(2)16(3)13-18/h5-10,13,17H,11-12H2,1-4H3,(H,21,22)/t17-/m1/s1. The molecule has 0 aromatic heterocycles. The Bertz CT molecular complexity index is 683. The molecule has 1 atom stereocenters. The number of hydrogen-bond donors (Lipinski definition) is 1. The fourth-order valence-corrected chi connectivity index (χ4v) is 2.93. The number of carbonyl (C=O) groups excluding carboxylic acids is 1. The third kappa shape index (κ3) is 5.60. The number of ether oxygens (including phenoxy) is 1. The first-order valence-corrected chi connectivity index (χ1v) is 9.15. The highest BCUT2D eigenvalue weighted by molar-refractivity contribution is 7.99. The van der Waals surface area contributed by atoms with E-state index in [1.54, 1.807) is 18.7 Å². The van der Waals surface area contributed by atoms with Crippen LogP contribution in [0, 0.1) is 20.8 Å². The number of hydrogen-bond acceptors (Lipinski definition) is 3. The monoisotopic (exact) mass is 343 g/mol. The summed E-state index contributed by atoms with van der Waals surface area (Å²) in [6.07, 6.45) is -0.503. The molecule has 0 aliphatic carbocycles. The minimum Gasteiger partial charge on any atom is -0.481 e. The Balaban J connectivity index is 1.73. The molecule has 0 saturated carbocycles. The Morgan fingerprint density at radius 2 is 1.79 bits per heavy atom. The topological polar surface area (TPSA) is 38.3 Å². The zero-order valence-electron chi connectivity index (χ0n) is 14.8. The predicted octanol–water partition coefficient (Wildman–Crippen LogP) is 4.29. The van der Waals surface area contributed by atoms with Crippen molar-refractivity contribution in [2.24, 2.45) is 0 Å². The van der Waals surface area contributed by atoms with Gasteiger partial charge in [-0.2, -0.15) is 0 Å². The molecule has 0 heterocycles. The lowest BCUT2D eigenvalue weighted by atomic mass is 10.1. The zero-order valence-corrected chi connectivity index (χ0v) is 15.6. The Labute approximate surface area is 148 Å². The van der Waals surface area contributed by atoms with Crippen molar-refractivity contribution >= 4 is 17.7 Å². The second kappa shape index (κ2) is 8.78. The van der Waals surface area contributed by atoms with Crippen LogP contribution in [0.2, 0.25) is 0 Å². The van der Waals surface area contributed by atoms with Crippen molar-refractivity contribution in [1.82, 2.24) is 5.32 Å². The van der Waals surface area contributed by atoms with Gasteiger partial charge in [0, 0.05) is 17.2 Å². The predicted molar refractivity (Wildman–Crippen MR) is 101 cm³/mol. The van der Waals surface area contributed by atoms with E-state index in [9.17, 15) is 4.79 Å². The van der Waals surface area contributed by atoms with E-state index in [0.717, 1.165) is 17.1 Å². The van der Waals surface area contributed by atoms with Gasteiger partial charge in [0.2, 0.25) is 0 Å². The number of nitrogens with one attached hydrogen (secondary N) is 1. The molecule has 128 valence electrons. The molecule has 0 fully saturated rings. The summed E-state index contributed by atoms with van der Waals surface area (Å²) in [5.41, 5.74) is 3.63. The third-order valence-corrected chi connectivity index (χ3v) is 4.87. The second-order valence-corrected chi connectivity index (χ2v) is 7.13. The molecule has 1 N–H and O–H groups in total. The molecule has 2 aromatic carbocycles. The smallest absolute Gasteiger partial charge is 0.260 e. The second-order valence-electron chi connectivity index (χ2n) is 5.96. The summed E-state index contributed by atoms with van der Waals surface area (Å²) in [7, 11) is 0. The normalized spacial score (nSPS) is 11.8. The van der Waals surface area contributed by atoms with Gasteiger partial charge in [0.05, 0.1) is 0 Å². The molecule has 4 heteroatoms. The fourth-order valence-electron chi connectivity index (χ4n) is 2.17. The fraction of sp³-hybridized carbons (Fsp3) is 0.350. The maximum atomic E-state index is 12.1. The van der Waals surface area contributed by atoms with Crippen LogP contribution in [0.3, 0.4) is 0 Å². The summed E-state index contributed by atoms with van der Waals surface area (Å²) in [4.78, 5) is 13.3. The van der Waals surface area contributed by atoms with Gasteiger partial charge in [-0.3, -0.25) is 4.79 Å². The Kier molecular flexibility index (Phi) is 6.73. The van der Waals surface area contributed by atoms with Gasteiger partial charge in [-0.1, -0.05) is 23.8 Å². The van der Waals surface area contributed by atoms with Gasteiger partial charge in [-0.05, 0) is 63.1 Å². The summed E-state index contributed by atoms with van der Waals surface area (Å²) in [6, 6.07) is 14.3. The molecule has 0 radical (unpaired) electrons. The lowest BCUT2D eigenvalue weighted by molar-refractivity contribution is -0.127. The van der Waals surface area contributed by atoms with Crippen LogP contribution >= 0.6 is 11.8 Å². The van der Waals surface area contributed by atoms with E-state index >= 15 is 0 Å². The summed E-state index contributed by atoms with van der Waals surface area (Å²) < 4.78 is 5.72. The Hall–Kier alpha value is -1.94. The van der Waals surface area contributed by atoms with Crippen LogP contribution in [-0.4, -0.2) is 24.3 Å². The van der Waals surface area contributed by atoms with Gasteiger partial charge in [0.1, 0.15) is 5.75 Å². The molecular weight excluding hydrogens is 318 g/mol. The number of carbonyl (C=O) groups is 1. The molecule has 0 saturated heterocycles. The van der Waals surface area contributed by atoms with Crippen molar-refractivity contribution in [1.29, 1.82) is 0 Å². The number of aryl methyl sites for hydroxylation is 3. The van der Waals surface area contributed by atoms with Gasteiger partial charge in [0.25, 0.3) is 5.91 Å². The van der Waals surface area contributed by atoms with E-state index in [1.165, 1.54) is 16.0 Å². The van der Waals surface area contributed by atoms with Gasteiger partial charge in [-0.25, -0.2) is 0 Å². The van der Waals surface area contributed by atoms with Crippen LogP contribution in [0.5, 0.6) is 5.75 Å². The van der Waals surface area contributed by atoms with Crippen molar-refractivity contribution in [3.63, 3.8) is 0 Å². The van der Waals surface area contributed by atoms with E-state index in [4.69, 9.17) is 4.74 Å². The SMILES string of the molecule is Cc1ccc(SCCNC(=O)[C@@H](C)Oc2ccc(C)c(C)c2)cc1. The number of rotatable bonds is 7. The highest BCUT2D eigenvalue weighted by atomic mass is 32.2. The van der Waals surface area contributed by atoms with Crippen LogP contribution in [0.4, 0.5) is 0 Å². The molecule has 1 amide bonds. The van der Waals surface area contributed by atoms with Crippen LogP contribution in [0.1, 0.15) is 23.6 Å². The average molecular weight is 343 g/mol. The van der Waals surface area contributed by atoms with Gasteiger partial charge in [-0.15, -0.1) is 11.8 Å². The van der Waals surface area contributed by atoms with Crippen molar-refractivity contribution in [3.8, 4) is 5.75 Å². The van der Waals surface area contributed by atoms with E-state index in [2.05, 4.69) is 43.4 Å². The molecule has 2 aromatic rings. The van der Waals surface area contributed by atoms with E-state index in [1.807, 2.05) is 25.1 Å². The highest BCUT2D eigenvalue weighted by Crippen LogP contribution is 2.18. The zero-order chi connectivity index (χ0) is 17.5.